The second-order valence-electron chi connectivity index (χ2n) is 7.43. The van der Waals surface area contributed by atoms with Crippen LogP contribution >= 0.6 is 0 Å². The van der Waals surface area contributed by atoms with Crippen molar-refractivity contribution in [2.45, 2.75) is 32.1 Å². The Hall–Kier alpha value is -1.82. The molecule has 2 bridgehead atoms. The zero-order chi connectivity index (χ0) is 14.7. The second kappa shape index (κ2) is 4.59. The van der Waals surface area contributed by atoms with Crippen LogP contribution in [0.1, 0.15) is 47.4 Å². The van der Waals surface area contributed by atoms with Gasteiger partial charge >= 0.3 is 0 Å². The monoisotopic (exact) mass is 286 g/mol. The first kappa shape index (κ1) is 12.7. The summed E-state index contributed by atoms with van der Waals surface area (Å²) in [6, 6.07) is 17.8. The van der Waals surface area contributed by atoms with E-state index in [0.29, 0.717) is 0 Å². The fraction of sp³-hybridized carbons (Fsp3) is 0.364. The molecule has 110 valence electrons. The molecule has 0 heteroatoms. The first-order valence-electron chi connectivity index (χ1n) is 8.69. The molecule has 0 aliphatic heterocycles. The van der Waals surface area contributed by atoms with E-state index in [1.165, 1.54) is 30.4 Å². The Morgan fingerprint density at radius 3 is 2.45 bits per heavy atom. The summed E-state index contributed by atoms with van der Waals surface area (Å²) in [5.41, 5.74) is 7.73. The number of hydrogen-bond acceptors (Lipinski definition) is 0. The van der Waals surface area contributed by atoms with Gasteiger partial charge in [0, 0.05) is 0 Å². The van der Waals surface area contributed by atoms with Crippen LogP contribution in [-0.2, 0) is 0 Å². The van der Waals surface area contributed by atoms with Crippen LogP contribution in [0.2, 0.25) is 0 Å². The minimum absolute atomic E-state index is 0.787. The highest BCUT2D eigenvalue weighted by molar-refractivity contribution is 5.89. The maximum absolute atomic E-state index is 2.48. The maximum Gasteiger partial charge on any atom is -0.00531 e. The fourth-order valence-electron chi connectivity index (χ4n) is 5.61. The molecule has 0 aromatic heterocycles. The predicted octanol–water partition coefficient (Wildman–Crippen LogP) is 5.68. The van der Waals surface area contributed by atoms with Gasteiger partial charge in [-0.15, -0.1) is 0 Å². The van der Waals surface area contributed by atoms with Crippen molar-refractivity contribution in [3.05, 3.63) is 70.8 Å². The van der Waals surface area contributed by atoms with Crippen LogP contribution in [0.25, 0.3) is 11.6 Å². The van der Waals surface area contributed by atoms with E-state index in [0.717, 1.165) is 23.7 Å². The van der Waals surface area contributed by atoms with E-state index < -0.39 is 0 Å². The average molecular weight is 286 g/mol. The smallest absolute Gasteiger partial charge is 0.00531 e. The molecule has 2 aromatic carbocycles. The lowest BCUT2D eigenvalue weighted by Crippen LogP contribution is -2.16. The summed E-state index contributed by atoms with van der Waals surface area (Å²) in [5, 5.41) is 0. The quantitative estimate of drug-likeness (QED) is 0.632. The molecule has 0 N–H and O–H groups in total. The molecule has 0 saturated heterocycles. The van der Waals surface area contributed by atoms with E-state index in [1.807, 2.05) is 0 Å². The van der Waals surface area contributed by atoms with E-state index in [1.54, 1.807) is 16.7 Å². The van der Waals surface area contributed by atoms with E-state index in [2.05, 4.69) is 61.5 Å². The number of hydrogen-bond donors (Lipinski definition) is 0. The molecule has 22 heavy (non-hydrogen) atoms. The highest BCUT2D eigenvalue weighted by Gasteiger charge is 2.53. The number of fused-ring (bicyclic) bond motifs is 7. The van der Waals surface area contributed by atoms with Gasteiger partial charge in [-0.2, -0.15) is 0 Å². The summed E-state index contributed by atoms with van der Waals surface area (Å²) >= 11 is 0. The summed E-state index contributed by atoms with van der Waals surface area (Å²) in [6.45, 7) is 2.31. The lowest BCUT2D eigenvalue weighted by molar-refractivity contribution is 0.364. The summed E-state index contributed by atoms with van der Waals surface area (Å²) in [5.74, 6) is 3.47. The topological polar surface area (TPSA) is 0 Å². The third-order valence-electron chi connectivity index (χ3n) is 6.37. The van der Waals surface area contributed by atoms with Crippen LogP contribution in [0.15, 0.2) is 48.5 Å². The van der Waals surface area contributed by atoms with Gasteiger partial charge < -0.3 is 0 Å². The number of rotatable bonds is 1. The van der Waals surface area contributed by atoms with Crippen LogP contribution in [0.4, 0.5) is 0 Å². The van der Waals surface area contributed by atoms with Crippen LogP contribution in [0.5, 0.6) is 0 Å². The summed E-state index contributed by atoms with van der Waals surface area (Å²) in [7, 11) is 0. The van der Waals surface area contributed by atoms with Crippen LogP contribution in [0, 0.1) is 24.7 Å². The van der Waals surface area contributed by atoms with E-state index in [9.17, 15) is 0 Å². The average Bonchev–Trinajstić information content (AvgIpc) is 3.21. The Balaban J connectivity index is 1.72. The lowest BCUT2D eigenvalue weighted by atomic mass is 9.77. The Kier molecular flexibility index (Phi) is 2.65. The molecule has 0 heterocycles. The Bertz CT molecular complexity index is 753. The normalized spacial score (nSPS) is 33.2. The zero-order valence-corrected chi connectivity index (χ0v) is 13.1. The van der Waals surface area contributed by atoms with Crippen LogP contribution < -0.4 is 0 Å². The minimum atomic E-state index is 0.787. The predicted molar refractivity (Wildman–Crippen MR) is 92.6 cm³/mol. The first-order valence-corrected chi connectivity index (χ1v) is 8.69. The molecule has 2 aromatic rings. The molecule has 4 atom stereocenters. The molecule has 0 spiro atoms. The van der Waals surface area contributed by atoms with Crippen molar-refractivity contribution in [3.8, 4) is 0 Å². The molecule has 5 rings (SSSR count). The minimum Gasteiger partial charge on any atom is -0.0622 e. The van der Waals surface area contributed by atoms with Gasteiger partial charge in [-0.25, -0.2) is 0 Å². The van der Waals surface area contributed by atoms with Gasteiger partial charge in [0.15, 0.2) is 0 Å². The van der Waals surface area contributed by atoms with Gasteiger partial charge in [-0.3, -0.25) is 0 Å². The van der Waals surface area contributed by atoms with Gasteiger partial charge in [-0.1, -0.05) is 54.6 Å². The molecule has 0 amide bonds. The van der Waals surface area contributed by atoms with Crippen LogP contribution in [-0.4, -0.2) is 0 Å². The molecule has 2 fully saturated rings. The van der Waals surface area contributed by atoms with Crippen LogP contribution in [0.3, 0.4) is 0 Å². The molecular weight excluding hydrogens is 264 g/mol. The summed E-state index contributed by atoms with van der Waals surface area (Å²) in [6.07, 6.45) is 6.85. The lowest BCUT2D eigenvalue weighted by Gasteiger charge is -2.26. The van der Waals surface area contributed by atoms with Gasteiger partial charge in [0.2, 0.25) is 0 Å². The fourth-order valence-corrected chi connectivity index (χ4v) is 5.61. The van der Waals surface area contributed by atoms with Crippen molar-refractivity contribution >= 4 is 11.6 Å². The largest absolute Gasteiger partial charge is 0.0622 e. The van der Waals surface area contributed by atoms with Crippen molar-refractivity contribution in [1.82, 2.24) is 0 Å². The second-order valence-corrected chi connectivity index (χ2v) is 7.43. The van der Waals surface area contributed by atoms with Gasteiger partial charge in [0.25, 0.3) is 0 Å². The maximum atomic E-state index is 2.48. The number of aryl methyl sites for hydroxylation is 1. The van der Waals surface area contributed by atoms with Gasteiger partial charge in [-0.05, 0) is 77.7 Å². The highest BCUT2D eigenvalue weighted by atomic mass is 14.6. The van der Waals surface area contributed by atoms with E-state index in [-0.39, 0.29) is 0 Å². The molecule has 0 nitrogen and oxygen atoms in total. The standard InChI is InChI=1S/C22H22/c1-14-6-5-9-18-19(12-15-7-3-2-4-8-15)21-16-10-11-17(13-16)22(21)20(14)18/h2-9,12,16-17,21-22H,10-11,13H2,1H3/b19-12-/t16-,17+,21?,22?/m1/s1. The van der Waals surface area contributed by atoms with Crippen molar-refractivity contribution < 1.29 is 0 Å². The van der Waals surface area contributed by atoms with Crippen molar-refractivity contribution in [3.63, 3.8) is 0 Å². The molecule has 0 radical (unpaired) electrons. The molecule has 2 saturated carbocycles. The first-order chi connectivity index (χ1) is 10.8. The van der Waals surface area contributed by atoms with E-state index in [4.69, 9.17) is 0 Å². The highest BCUT2D eigenvalue weighted by Crippen LogP contribution is 2.65. The van der Waals surface area contributed by atoms with Crippen molar-refractivity contribution in [2.24, 2.45) is 17.8 Å². The van der Waals surface area contributed by atoms with Crippen molar-refractivity contribution in [1.29, 1.82) is 0 Å². The summed E-state index contributed by atoms with van der Waals surface area (Å²) in [4.78, 5) is 0. The Morgan fingerprint density at radius 1 is 0.864 bits per heavy atom. The summed E-state index contributed by atoms with van der Waals surface area (Å²) < 4.78 is 0. The molecular formula is C22H22. The molecule has 3 aliphatic rings. The third-order valence-corrected chi connectivity index (χ3v) is 6.37. The van der Waals surface area contributed by atoms with Gasteiger partial charge in [0.1, 0.15) is 0 Å². The third kappa shape index (κ3) is 1.64. The number of benzene rings is 2. The number of allylic oxidation sites excluding steroid dienone is 1. The molecule has 3 aliphatic carbocycles. The SMILES string of the molecule is Cc1cccc2c1C1C(/C2=C\c2ccccc2)[C@@H]2CC[C@H]1C2. The zero-order valence-electron chi connectivity index (χ0n) is 13.1. The Morgan fingerprint density at radius 2 is 1.64 bits per heavy atom. The van der Waals surface area contributed by atoms with Crippen molar-refractivity contribution in [2.75, 3.05) is 0 Å². The molecule has 2 unspecified atom stereocenters. The van der Waals surface area contributed by atoms with E-state index >= 15 is 0 Å². The Labute approximate surface area is 132 Å². The van der Waals surface area contributed by atoms with Gasteiger partial charge in [0.05, 0.1) is 0 Å².